The van der Waals surface area contributed by atoms with Gasteiger partial charge in [0.05, 0.1) is 21.9 Å². The molecule has 0 radical (unpaired) electrons. The third-order valence-corrected chi connectivity index (χ3v) is 6.39. The Hall–Kier alpha value is -2.39. The number of nitrogens with one attached hydrogen (secondary N) is 2. The molecule has 0 bridgehead atoms. The Balaban J connectivity index is 2.09. The summed E-state index contributed by atoms with van der Waals surface area (Å²) >= 11 is 2.06. The molecule has 166 valence electrons. The van der Waals surface area contributed by atoms with Gasteiger partial charge in [-0.15, -0.1) is 0 Å². The van der Waals surface area contributed by atoms with Crippen LogP contribution in [-0.2, 0) is 10.0 Å². The number of methoxy groups -OCH3 is 1. The van der Waals surface area contributed by atoms with E-state index in [2.05, 4.69) is 42.6 Å². The van der Waals surface area contributed by atoms with Crippen molar-refractivity contribution in [2.24, 2.45) is 0 Å². The predicted octanol–water partition coefficient (Wildman–Crippen LogP) is 3.84. The summed E-state index contributed by atoms with van der Waals surface area (Å²) in [5.41, 5.74) is 0.511. The molecule has 0 spiro atoms. The highest BCUT2D eigenvalue weighted by Gasteiger charge is 2.29. The molecule has 0 unspecified atom stereocenters. The van der Waals surface area contributed by atoms with E-state index in [0.717, 1.165) is 15.7 Å². The molecule has 0 aliphatic heterocycles. The molecule has 3 rings (SSSR count). The molecule has 13 heteroatoms. The van der Waals surface area contributed by atoms with Crippen LogP contribution in [0.4, 0.5) is 24.7 Å². The summed E-state index contributed by atoms with van der Waals surface area (Å²) in [5.74, 6) is 0.689. The van der Waals surface area contributed by atoms with Crippen LogP contribution >= 0.6 is 22.6 Å². The zero-order chi connectivity index (χ0) is 22.8. The third kappa shape index (κ3) is 5.46. The molecule has 2 N–H and O–H groups in total. The maximum Gasteiger partial charge on any atom is 0.422 e. The minimum Gasteiger partial charge on any atom is -0.496 e. The molecule has 0 amide bonds. The fourth-order valence-electron chi connectivity index (χ4n) is 2.65. The van der Waals surface area contributed by atoms with Crippen LogP contribution in [0.25, 0.3) is 10.9 Å². The van der Waals surface area contributed by atoms with Gasteiger partial charge in [0, 0.05) is 17.5 Å². The van der Waals surface area contributed by atoms with Crippen molar-refractivity contribution in [1.82, 2.24) is 14.7 Å². The minimum absolute atomic E-state index is 0.0140. The van der Waals surface area contributed by atoms with Crippen molar-refractivity contribution >= 4 is 55.0 Å². The standard InChI is InChI=1S/C18H16F3IN4O4S/c1-23-31(27,28)16-4-3-10(30-8-18(19,20)21)5-14(16)26-17-11-6-12(22)15(29-2)7-13(11)24-9-25-17/h3-7,9,23H,8H2,1-2H3,(H,24,25,26). The van der Waals surface area contributed by atoms with Crippen LogP contribution in [0.1, 0.15) is 0 Å². The molecule has 2 aromatic carbocycles. The lowest BCUT2D eigenvalue weighted by molar-refractivity contribution is -0.153. The summed E-state index contributed by atoms with van der Waals surface area (Å²) < 4.78 is 75.3. The maximum absolute atomic E-state index is 12.5. The number of nitrogens with zero attached hydrogens (tertiary/aromatic N) is 2. The lowest BCUT2D eigenvalue weighted by Gasteiger charge is -2.16. The van der Waals surface area contributed by atoms with E-state index in [4.69, 9.17) is 9.47 Å². The SMILES string of the molecule is CNS(=O)(=O)c1ccc(OCC(F)(F)F)cc1Nc1ncnc2cc(OC)c(I)cc12. The topological polar surface area (TPSA) is 102 Å². The highest BCUT2D eigenvalue weighted by Crippen LogP contribution is 2.34. The van der Waals surface area contributed by atoms with E-state index >= 15 is 0 Å². The highest BCUT2D eigenvalue weighted by atomic mass is 127. The molecule has 0 saturated heterocycles. The van der Waals surface area contributed by atoms with Crippen LogP contribution in [-0.4, -0.2) is 45.3 Å². The second-order valence-corrected chi connectivity index (χ2v) is 9.14. The van der Waals surface area contributed by atoms with Gasteiger partial charge in [0.25, 0.3) is 0 Å². The summed E-state index contributed by atoms with van der Waals surface area (Å²) in [6, 6.07) is 6.90. The Bertz CT molecular complexity index is 1220. The second kappa shape index (κ2) is 9.00. The predicted molar refractivity (Wildman–Crippen MR) is 116 cm³/mol. The number of fused-ring (bicyclic) bond motifs is 1. The minimum atomic E-state index is -4.54. The first-order chi connectivity index (χ1) is 14.5. The fraction of sp³-hybridized carbons (Fsp3) is 0.222. The number of sulfonamides is 1. The van der Waals surface area contributed by atoms with Crippen LogP contribution in [0.3, 0.4) is 0 Å². The second-order valence-electron chi connectivity index (χ2n) is 6.12. The van der Waals surface area contributed by atoms with E-state index in [0.29, 0.717) is 16.7 Å². The van der Waals surface area contributed by atoms with E-state index in [1.54, 1.807) is 12.1 Å². The molecular weight excluding hydrogens is 552 g/mol. The number of aromatic nitrogens is 2. The first-order valence-electron chi connectivity index (χ1n) is 8.56. The first-order valence-corrected chi connectivity index (χ1v) is 11.1. The number of benzene rings is 2. The molecule has 8 nitrogen and oxygen atoms in total. The average Bonchev–Trinajstić information content (AvgIpc) is 2.71. The largest absolute Gasteiger partial charge is 0.496 e. The molecule has 31 heavy (non-hydrogen) atoms. The normalized spacial score (nSPS) is 12.1. The number of hydrogen-bond donors (Lipinski definition) is 2. The summed E-state index contributed by atoms with van der Waals surface area (Å²) in [7, 11) is -1.19. The molecular formula is C18H16F3IN4O4S. The van der Waals surface area contributed by atoms with Gasteiger partial charge < -0.3 is 14.8 Å². The molecule has 0 aliphatic rings. The quantitative estimate of drug-likeness (QED) is 0.418. The van der Waals surface area contributed by atoms with Gasteiger partial charge in [0.15, 0.2) is 6.61 Å². The van der Waals surface area contributed by atoms with Gasteiger partial charge in [0.1, 0.15) is 28.5 Å². The Morgan fingerprint density at radius 1 is 1.16 bits per heavy atom. The van der Waals surface area contributed by atoms with Crippen molar-refractivity contribution < 1.29 is 31.1 Å². The van der Waals surface area contributed by atoms with Gasteiger partial charge in [0.2, 0.25) is 10.0 Å². The van der Waals surface area contributed by atoms with Crippen LogP contribution in [0.5, 0.6) is 11.5 Å². The number of anilines is 2. The fourth-order valence-corrected chi connectivity index (χ4v) is 4.20. The Kier molecular flexibility index (Phi) is 6.76. The molecule has 0 fully saturated rings. The number of rotatable bonds is 7. The number of hydrogen-bond acceptors (Lipinski definition) is 7. The summed E-state index contributed by atoms with van der Waals surface area (Å²) in [6.45, 7) is -1.51. The summed E-state index contributed by atoms with van der Waals surface area (Å²) in [5, 5.41) is 3.44. The molecule has 3 aromatic rings. The van der Waals surface area contributed by atoms with Gasteiger partial charge in [-0.2, -0.15) is 13.2 Å². The van der Waals surface area contributed by atoms with Crippen LogP contribution in [0, 0.1) is 3.57 Å². The van der Waals surface area contributed by atoms with Gasteiger partial charge in [-0.1, -0.05) is 0 Å². The molecule has 0 saturated carbocycles. The lowest BCUT2D eigenvalue weighted by Crippen LogP contribution is -2.21. The highest BCUT2D eigenvalue weighted by molar-refractivity contribution is 14.1. The molecule has 1 aromatic heterocycles. The van der Waals surface area contributed by atoms with Crippen molar-refractivity contribution in [2.75, 3.05) is 26.1 Å². The smallest absolute Gasteiger partial charge is 0.422 e. The van der Waals surface area contributed by atoms with E-state index in [1.807, 2.05) is 0 Å². The van der Waals surface area contributed by atoms with Crippen LogP contribution in [0.15, 0.2) is 41.6 Å². The Morgan fingerprint density at radius 2 is 1.90 bits per heavy atom. The molecule has 0 atom stereocenters. The summed E-state index contributed by atoms with van der Waals surface area (Å²) in [4.78, 5) is 8.15. The number of ether oxygens (including phenoxy) is 2. The number of alkyl halides is 3. The Labute approximate surface area is 189 Å². The van der Waals surface area contributed by atoms with Crippen molar-refractivity contribution in [3.63, 3.8) is 0 Å². The average molecular weight is 568 g/mol. The lowest BCUT2D eigenvalue weighted by atomic mass is 10.2. The third-order valence-electron chi connectivity index (χ3n) is 4.07. The number of halogens is 4. The molecule has 1 heterocycles. The van der Waals surface area contributed by atoms with Crippen LogP contribution < -0.4 is 19.5 Å². The van der Waals surface area contributed by atoms with E-state index in [1.165, 1.54) is 26.6 Å². The van der Waals surface area contributed by atoms with Gasteiger partial charge >= 0.3 is 6.18 Å². The van der Waals surface area contributed by atoms with E-state index < -0.39 is 22.8 Å². The van der Waals surface area contributed by atoms with E-state index in [9.17, 15) is 21.6 Å². The maximum atomic E-state index is 12.5. The van der Waals surface area contributed by atoms with E-state index in [-0.39, 0.29) is 22.2 Å². The van der Waals surface area contributed by atoms with Crippen LogP contribution in [0.2, 0.25) is 0 Å². The molecule has 0 aliphatic carbocycles. The van der Waals surface area contributed by atoms with Crippen molar-refractivity contribution in [3.05, 3.63) is 40.2 Å². The van der Waals surface area contributed by atoms with Gasteiger partial charge in [-0.25, -0.2) is 23.1 Å². The summed E-state index contributed by atoms with van der Waals surface area (Å²) in [6.07, 6.45) is -3.27. The van der Waals surface area contributed by atoms with Gasteiger partial charge in [-0.3, -0.25) is 0 Å². The zero-order valence-electron chi connectivity index (χ0n) is 16.1. The van der Waals surface area contributed by atoms with Gasteiger partial charge in [-0.05, 0) is 47.8 Å². The first kappa shape index (κ1) is 23.3. The van der Waals surface area contributed by atoms with Crippen molar-refractivity contribution in [3.8, 4) is 11.5 Å². The van der Waals surface area contributed by atoms with Crippen molar-refractivity contribution in [1.29, 1.82) is 0 Å². The zero-order valence-corrected chi connectivity index (χ0v) is 19.1. The monoisotopic (exact) mass is 568 g/mol. The van der Waals surface area contributed by atoms with Crippen molar-refractivity contribution in [2.45, 2.75) is 11.1 Å². The Morgan fingerprint density at radius 3 is 2.55 bits per heavy atom.